The quantitative estimate of drug-likeness (QED) is 0.724. The second-order valence-electron chi connectivity index (χ2n) is 6.29. The van der Waals surface area contributed by atoms with Gasteiger partial charge in [-0.25, -0.2) is 9.07 Å². The van der Waals surface area contributed by atoms with Crippen molar-refractivity contribution >= 4 is 28.4 Å². The predicted molar refractivity (Wildman–Crippen MR) is 101 cm³/mol. The number of carbonyl (C=O) groups excluding carboxylic acids is 1. The minimum absolute atomic E-state index is 0.260. The molecule has 1 aliphatic rings. The van der Waals surface area contributed by atoms with Crippen LogP contribution in [-0.2, 0) is 11.3 Å². The molecule has 3 aromatic rings. The van der Waals surface area contributed by atoms with E-state index in [0.717, 1.165) is 10.2 Å². The van der Waals surface area contributed by atoms with Crippen LogP contribution in [0.5, 0.6) is 0 Å². The molecule has 27 heavy (non-hydrogen) atoms. The third-order valence-electron chi connectivity index (χ3n) is 4.55. The van der Waals surface area contributed by atoms with E-state index in [1.54, 1.807) is 36.4 Å². The zero-order valence-corrected chi connectivity index (χ0v) is 15.0. The van der Waals surface area contributed by atoms with Gasteiger partial charge in [-0.1, -0.05) is 24.3 Å². The summed E-state index contributed by atoms with van der Waals surface area (Å²) in [5.74, 6) is -0.0345. The van der Waals surface area contributed by atoms with E-state index in [0.29, 0.717) is 17.1 Å². The van der Waals surface area contributed by atoms with E-state index in [9.17, 15) is 18.8 Å². The van der Waals surface area contributed by atoms with Crippen LogP contribution in [0, 0.1) is 5.82 Å². The summed E-state index contributed by atoms with van der Waals surface area (Å²) in [5, 5.41) is 5.83. The number of H-pyrrole nitrogens is 1. The molecule has 2 N–H and O–H groups in total. The maximum atomic E-state index is 14.0. The number of fused-ring (bicyclic) bond motifs is 2. The van der Waals surface area contributed by atoms with Crippen LogP contribution < -0.4 is 16.4 Å². The van der Waals surface area contributed by atoms with Gasteiger partial charge in [0.15, 0.2) is 0 Å². The lowest BCUT2D eigenvalue weighted by atomic mass is 10.0. The monoisotopic (exact) mass is 385 g/mol. The summed E-state index contributed by atoms with van der Waals surface area (Å²) in [4.78, 5) is 37.7. The molecule has 0 fully saturated rings. The van der Waals surface area contributed by atoms with Gasteiger partial charge in [-0.2, -0.15) is 0 Å². The zero-order chi connectivity index (χ0) is 19.0. The fourth-order valence-electron chi connectivity index (χ4n) is 3.28. The van der Waals surface area contributed by atoms with E-state index < -0.39 is 17.0 Å². The van der Waals surface area contributed by atoms with Gasteiger partial charge in [0, 0.05) is 10.6 Å². The van der Waals surface area contributed by atoms with E-state index in [2.05, 4.69) is 10.4 Å². The van der Waals surface area contributed by atoms with Crippen LogP contribution in [0.25, 0.3) is 10.8 Å². The van der Waals surface area contributed by atoms with Gasteiger partial charge < -0.3 is 5.32 Å². The topological polar surface area (TPSA) is 84.0 Å². The Morgan fingerprint density at radius 1 is 1.19 bits per heavy atom. The minimum Gasteiger partial charge on any atom is -0.348 e. The Balaban J connectivity index is 1.59. The van der Waals surface area contributed by atoms with Gasteiger partial charge >= 0.3 is 0 Å². The molecular formula is C19H16FN3O3S. The molecule has 2 aromatic carbocycles. The van der Waals surface area contributed by atoms with Gasteiger partial charge in [0.25, 0.3) is 11.1 Å². The molecule has 8 heteroatoms. The third kappa shape index (κ3) is 3.28. The highest BCUT2D eigenvalue weighted by Gasteiger charge is 2.24. The Kier molecular flexibility index (Phi) is 4.57. The summed E-state index contributed by atoms with van der Waals surface area (Å²) in [6, 6.07) is 10.9. The first-order valence-electron chi connectivity index (χ1n) is 8.47. The molecule has 2 heterocycles. The summed E-state index contributed by atoms with van der Waals surface area (Å²) in [7, 11) is 0. The van der Waals surface area contributed by atoms with Crippen molar-refractivity contribution in [2.45, 2.75) is 23.9 Å². The van der Waals surface area contributed by atoms with Crippen molar-refractivity contribution in [2.24, 2.45) is 0 Å². The van der Waals surface area contributed by atoms with Gasteiger partial charge in [0.2, 0.25) is 5.91 Å². The molecule has 1 unspecified atom stereocenters. The SMILES string of the molecule is O=C(Cn1[nH]c(=O)c2ccccc2c1=O)NC1CCSc2c(F)cccc21. The van der Waals surface area contributed by atoms with Crippen molar-refractivity contribution in [3.05, 3.63) is 74.6 Å². The Hall–Kier alpha value is -2.87. The van der Waals surface area contributed by atoms with Crippen molar-refractivity contribution in [2.75, 3.05) is 5.75 Å². The van der Waals surface area contributed by atoms with Crippen LogP contribution in [0.1, 0.15) is 18.0 Å². The van der Waals surface area contributed by atoms with Crippen LogP contribution in [0.3, 0.4) is 0 Å². The molecule has 4 rings (SSSR count). The standard InChI is InChI=1S/C19H16FN3O3S/c20-14-7-3-6-13-15(8-9-27-17(13)14)21-16(24)10-23-19(26)12-5-2-1-4-11(12)18(25)22-23/h1-7,15H,8-10H2,(H,21,24)(H,22,25). The number of aromatic nitrogens is 2. The number of hydrogen-bond acceptors (Lipinski definition) is 4. The summed E-state index contributed by atoms with van der Waals surface area (Å²) in [5.41, 5.74) is -0.135. The smallest absolute Gasteiger partial charge is 0.273 e. The Labute approximate surface area is 157 Å². The molecule has 138 valence electrons. The van der Waals surface area contributed by atoms with Crippen LogP contribution in [0.15, 0.2) is 56.9 Å². The summed E-state index contributed by atoms with van der Waals surface area (Å²) < 4.78 is 15.0. The lowest BCUT2D eigenvalue weighted by Gasteiger charge is -2.26. The number of amides is 1. The highest BCUT2D eigenvalue weighted by molar-refractivity contribution is 7.99. The van der Waals surface area contributed by atoms with E-state index >= 15 is 0 Å². The number of carbonyl (C=O) groups is 1. The molecule has 0 radical (unpaired) electrons. The molecule has 0 saturated carbocycles. The lowest BCUT2D eigenvalue weighted by molar-refractivity contribution is -0.122. The van der Waals surface area contributed by atoms with Crippen molar-refractivity contribution in [3.63, 3.8) is 0 Å². The lowest BCUT2D eigenvalue weighted by Crippen LogP contribution is -2.38. The molecule has 6 nitrogen and oxygen atoms in total. The van der Waals surface area contributed by atoms with Gasteiger partial charge in [-0.3, -0.25) is 19.5 Å². The summed E-state index contributed by atoms with van der Waals surface area (Å²) in [6.45, 7) is -0.312. The van der Waals surface area contributed by atoms with Crippen LogP contribution >= 0.6 is 11.8 Å². The van der Waals surface area contributed by atoms with Crippen molar-refractivity contribution in [1.29, 1.82) is 0 Å². The molecule has 0 spiro atoms. The average molecular weight is 385 g/mol. The van der Waals surface area contributed by atoms with Crippen LogP contribution in [0.4, 0.5) is 4.39 Å². The van der Waals surface area contributed by atoms with E-state index in [1.807, 2.05) is 0 Å². The second kappa shape index (κ2) is 7.03. The second-order valence-corrected chi connectivity index (χ2v) is 7.40. The van der Waals surface area contributed by atoms with Crippen LogP contribution in [-0.4, -0.2) is 21.4 Å². The number of rotatable bonds is 3. The number of nitrogens with zero attached hydrogens (tertiary/aromatic N) is 1. The molecule has 1 amide bonds. The summed E-state index contributed by atoms with van der Waals surface area (Å²) in [6.07, 6.45) is 0.663. The number of nitrogens with one attached hydrogen (secondary N) is 2. The molecule has 1 aliphatic heterocycles. The maximum Gasteiger partial charge on any atom is 0.273 e. The number of aromatic amines is 1. The molecule has 1 atom stereocenters. The first kappa shape index (κ1) is 17.5. The van der Waals surface area contributed by atoms with Crippen molar-refractivity contribution < 1.29 is 9.18 Å². The maximum absolute atomic E-state index is 14.0. The highest BCUT2D eigenvalue weighted by Crippen LogP contribution is 2.37. The van der Waals surface area contributed by atoms with Crippen LogP contribution in [0.2, 0.25) is 0 Å². The Morgan fingerprint density at radius 2 is 1.96 bits per heavy atom. The largest absolute Gasteiger partial charge is 0.348 e. The van der Waals surface area contributed by atoms with Gasteiger partial charge in [-0.15, -0.1) is 11.8 Å². The zero-order valence-electron chi connectivity index (χ0n) is 14.2. The molecule has 1 aromatic heterocycles. The van der Waals surface area contributed by atoms with Gasteiger partial charge in [0.1, 0.15) is 12.4 Å². The fraction of sp³-hybridized carbons (Fsp3) is 0.211. The Bertz CT molecular complexity index is 1150. The van der Waals surface area contributed by atoms with E-state index in [1.165, 1.54) is 17.8 Å². The number of halogens is 1. The predicted octanol–water partition coefficient (Wildman–Crippen LogP) is 2.18. The number of thioether (sulfide) groups is 1. The van der Waals surface area contributed by atoms with Crippen molar-refractivity contribution in [3.8, 4) is 0 Å². The fourth-order valence-corrected chi connectivity index (χ4v) is 4.42. The third-order valence-corrected chi connectivity index (χ3v) is 5.71. The summed E-state index contributed by atoms with van der Waals surface area (Å²) >= 11 is 1.43. The number of hydrogen-bond donors (Lipinski definition) is 2. The first-order chi connectivity index (χ1) is 13.0. The minimum atomic E-state index is -0.439. The molecule has 0 aliphatic carbocycles. The Morgan fingerprint density at radius 3 is 2.78 bits per heavy atom. The van der Waals surface area contributed by atoms with Gasteiger partial charge in [-0.05, 0) is 30.2 Å². The molecular weight excluding hydrogens is 369 g/mol. The van der Waals surface area contributed by atoms with E-state index in [4.69, 9.17) is 0 Å². The first-order valence-corrected chi connectivity index (χ1v) is 9.45. The molecule has 0 saturated heterocycles. The average Bonchev–Trinajstić information content (AvgIpc) is 2.67. The van der Waals surface area contributed by atoms with Gasteiger partial charge in [0.05, 0.1) is 16.8 Å². The van der Waals surface area contributed by atoms with Crippen molar-refractivity contribution in [1.82, 2.24) is 15.1 Å². The van der Waals surface area contributed by atoms with E-state index in [-0.39, 0.29) is 29.2 Å². The molecule has 0 bridgehead atoms. The normalized spacial score (nSPS) is 16.1. The number of benzene rings is 2. The highest BCUT2D eigenvalue weighted by atomic mass is 32.2.